The van der Waals surface area contributed by atoms with E-state index in [0.717, 1.165) is 131 Å². The second-order valence-electron chi connectivity index (χ2n) is 23.1. The molecule has 6 aliphatic rings. The smallest absolute Gasteiger partial charge is 0.175 e. The number of anilines is 5. The number of morpholine rings is 2. The number of rotatable bonds is 7. The largest absolute Gasteiger partial charge is 0.384 e. The van der Waals surface area contributed by atoms with Crippen LogP contribution in [0.1, 0.15) is 47.9 Å². The number of halogens is 3. The van der Waals surface area contributed by atoms with Crippen LogP contribution >= 0.6 is 11.6 Å². The molecule has 6 aromatic carbocycles. The number of nitrogens with zero attached hydrogens (tertiary/aromatic N) is 5. The maximum absolute atomic E-state index is 14.6. The van der Waals surface area contributed by atoms with Crippen LogP contribution in [-0.4, -0.2) is 131 Å². The van der Waals surface area contributed by atoms with E-state index in [1.54, 1.807) is 49.4 Å². The van der Waals surface area contributed by atoms with Crippen molar-refractivity contribution in [3.63, 3.8) is 0 Å². The maximum Gasteiger partial charge on any atom is 0.175 e. The molecule has 19 heteroatoms. The lowest BCUT2D eigenvalue weighted by molar-refractivity contribution is 0.0558. The molecule has 0 bridgehead atoms. The van der Waals surface area contributed by atoms with Crippen molar-refractivity contribution in [3.05, 3.63) is 160 Å². The van der Waals surface area contributed by atoms with Crippen molar-refractivity contribution in [2.75, 3.05) is 125 Å². The quantitative estimate of drug-likeness (QED) is 0.161. The number of hydrogen-bond donors (Lipinski definition) is 1. The van der Waals surface area contributed by atoms with Crippen molar-refractivity contribution in [2.45, 2.75) is 60.2 Å². The Bertz CT molecular complexity index is 4090. The van der Waals surface area contributed by atoms with Crippen LogP contribution in [0.3, 0.4) is 0 Å². The highest BCUT2D eigenvalue weighted by atomic mass is 35.5. The van der Waals surface area contributed by atoms with Crippen LogP contribution in [-0.2, 0) is 49.5 Å². The van der Waals surface area contributed by atoms with Gasteiger partial charge in [0, 0.05) is 146 Å². The predicted octanol–water partition coefficient (Wildman–Crippen LogP) is 12.2. The van der Waals surface area contributed by atoms with Gasteiger partial charge < -0.3 is 39.0 Å². The molecule has 6 aliphatic heterocycles. The average Bonchev–Trinajstić information content (AvgIpc) is 2.07. The highest BCUT2D eigenvalue weighted by Crippen LogP contribution is 2.53. The van der Waals surface area contributed by atoms with Gasteiger partial charge in [0.05, 0.1) is 69.3 Å². The average molecular weight is 1210 g/mol. The van der Waals surface area contributed by atoms with Gasteiger partial charge >= 0.3 is 0 Å². The number of fused-ring (bicyclic) bond motifs is 6. The Kier molecular flexibility index (Phi) is 16.4. The molecule has 0 amide bonds. The molecule has 2 aromatic heterocycles. The van der Waals surface area contributed by atoms with Gasteiger partial charge in [-0.3, -0.25) is 0 Å². The first-order chi connectivity index (χ1) is 40.9. The number of benzene rings is 6. The number of nitrogens with one attached hydrogen (secondary N) is 1. The summed E-state index contributed by atoms with van der Waals surface area (Å²) < 4.78 is 98.7. The minimum atomic E-state index is -3.42. The monoisotopic (exact) mass is 1210 g/mol. The van der Waals surface area contributed by atoms with E-state index in [9.17, 15) is 25.6 Å². The molecule has 444 valence electrons. The molecular formula is C66H69ClF2N6O8S2. The first kappa shape index (κ1) is 58.6. The summed E-state index contributed by atoms with van der Waals surface area (Å²) in [6.07, 6.45) is 6.48. The van der Waals surface area contributed by atoms with Gasteiger partial charge in [-0.2, -0.15) is 0 Å². The zero-order chi connectivity index (χ0) is 59.3. The summed E-state index contributed by atoms with van der Waals surface area (Å²) in [4.78, 5) is 17.0. The van der Waals surface area contributed by atoms with E-state index < -0.39 is 25.5 Å². The number of ether oxygens (including phenoxy) is 4. The summed E-state index contributed by atoms with van der Waals surface area (Å²) in [7, 11) is -6.75. The van der Waals surface area contributed by atoms with E-state index in [4.69, 9.17) is 35.5 Å². The van der Waals surface area contributed by atoms with Crippen molar-refractivity contribution in [1.82, 2.24) is 9.97 Å². The first-order valence-electron chi connectivity index (χ1n) is 29.0. The summed E-state index contributed by atoms with van der Waals surface area (Å²) in [6.45, 7) is 15.7. The van der Waals surface area contributed by atoms with Crippen LogP contribution < -0.4 is 20.0 Å². The van der Waals surface area contributed by atoms with Crippen LogP contribution in [0, 0.1) is 25.5 Å². The van der Waals surface area contributed by atoms with Gasteiger partial charge in [0.1, 0.15) is 11.6 Å². The molecule has 14 rings (SSSR count). The zero-order valence-corrected chi connectivity index (χ0v) is 50.6. The van der Waals surface area contributed by atoms with Crippen LogP contribution in [0.25, 0.3) is 44.3 Å². The number of sulfone groups is 2. The molecule has 8 aromatic rings. The third kappa shape index (κ3) is 11.8. The Hall–Kier alpha value is -6.77. The van der Waals surface area contributed by atoms with Gasteiger partial charge in [0.2, 0.25) is 0 Å². The minimum absolute atomic E-state index is 0.0600. The second kappa shape index (κ2) is 23.8. The van der Waals surface area contributed by atoms with Crippen LogP contribution in [0.2, 0.25) is 5.02 Å². The van der Waals surface area contributed by atoms with Gasteiger partial charge in [-0.15, -0.1) is 0 Å². The van der Waals surface area contributed by atoms with E-state index in [1.165, 1.54) is 59.1 Å². The van der Waals surface area contributed by atoms with Gasteiger partial charge in [0.15, 0.2) is 19.7 Å². The Balaban J connectivity index is 0.000000138. The van der Waals surface area contributed by atoms with E-state index >= 15 is 0 Å². The molecule has 14 nitrogen and oxygen atoms in total. The summed E-state index contributed by atoms with van der Waals surface area (Å²) in [6, 6.07) is 36.1. The molecule has 4 saturated heterocycles. The van der Waals surface area contributed by atoms with Crippen LogP contribution in [0.4, 0.5) is 37.2 Å². The number of pyridine rings is 2. The minimum Gasteiger partial charge on any atom is -0.384 e. The Morgan fingerprint density at radius 1 is 0.541 bits per heavy atom. The van der Waals surface area contributed by atoms with E-state index in [1.807, 2.05) is 19.1 Å². The van der Waals surface area contributed by atoms with Gasteiger partial charge in [0.25, 0.3) is 0 Å². The molecule has 0 radical (unpaired) electrons. The lowest BCUT2D eigenvalue weighted by Crippen LogP contribution is -2.37. The second-order valence-corrected chi connectivity index (χ2v) is 27.5. The van der Waals surface area contributed by atoms with Gasteiger partial charge in [-0.1, -0.05) is 48.0 Å². The fraction of sp³-hybridized carbons (Fsp3) is 0.364. The van der Waals surface area contributed by atoms with Crippen molar-refractivity contribution >= 4 is 81.5 Å². The SMILES string of the molecule is Cc1c(-c2cccc(S(C)(=O)=O)c2)nc2cc(F)ccc2c1Cl.Cc1c(-c2cccc(S(C)(=O)=O)c2)nc2cc(F)ccc2c1N1CC2(CCOCC2)c2ccc(N3CCOCC3)cc21.c1cc2c(cc1N1CCOCC1)NCC21CCOCC1. The molecule has 1 N–H and O–H groups in total. The number of hydrogen-bond acceptors (Lipinski definition) is 14. The Morgan fingerprint density at radius 2 is 1.02 bits per heavy atom. The lowest BCUT2D eigenvalue weighted by Gasteiger charge is -2.35. The summed E-state index contributed by atoms with van der Waals surface area (Å²) in [5, 5.41) is 5.63. The standard InChI is InChI=1S/C33H34FN3O4S.C17H13ClFNO2S.C16H22N2O2/c1-22-31(23-4-3-5-26(18-23)42(2,38)39)35-29-19-24(34)6-8-27(29)32(22)37-21-33(10-14-40-15-11-33)28-9-7-25(20-30(28)37)36-12-16-41-17-13-36;1-10-16(18)14-7-6-12(19)9-15(14)20-17(10)11-4-3-5-13(8-11)23(2,21)22;1-2-14-15(11-13(1)18-5-9-20-10-6-18)17-12-16(14)3-7-19-8-4-16/h3-9,18-20H,10-17,21H2,1-2H3;3-9H,1-2H3;1-2,11,17H,3-10,12H2. The summed E-state index contributed by atoms with van der Waals surface area (Å²) in [5.41, 5.74) is 14.1. The maximum atomic E-state index is 14.6. The van der Waals surface area contributed by atoms with Gasteiger partial charge in [-0.25, -0.2) is 35.6 Å². The summed E-state index contributed by atoms with van der Waals surface area (Å²) >= 11 is 6.38. The van der Waals surface area contributed by atoms with Crippen molar-refractivity contribution in [2.24, 2.45) is 0 Å². The fourth-order valence-corrected chi connectivity index (χ4v) is 14.6. The highest BCUT2D eigenvalue weighted by molar-refractivity contribution is 7.91. The van der Waals surface area contributed by atoms with Crippen molar-refractivity contribution in [1.29, 1.82) is 0 Å². The molecular weight excluding hydrogens is 1140 g/mol. The molecule has 0 atom stereocenters. The molecule has 85 heavy (non-hydrogen) atoms. The van der Waals surface area contributed by atoms with E-state index in [2.05, 4.69) is 61.4 Å². The van der Waals surface area contributed by atoms with Gasteiger partial charge in [-0.05, 0) is 135 Å². The summed E-state index contributed by atoms with van der Waals surface area (Å²) in [5.74, 6) is -0.765. The lowest BCUT2D eigenvalue weighted by atomic mass is 9.76. The predicted molar refractivity (Wildman–Crippen MR) is 333 cm³/mol. The fourth-order valence-electron chi connectivity index (χ4n) is 13.1. The molecule has 4 fully saturated rings. The topological polar surface area (TPSA) is 153 Å². The van der Waals surface area contributed by atoms with Crippen LogP contribution in [0.15, 0.2) is 131 Å². The van der Waals surface area contributed by atoms with Crippen molar-refractivity contribution < 1.29 is 44.6 Å². The zero-order valence-electron chi connectivity index (χ0n) is 48.2. The Morgan fingerprint density at radius 3 is 1.58 bits per heavy atom. The number of aromatic nitrogens is 2. The first-order valence-corrected chi connectivity index (χ1v) is 33.1. The molecule has 0 aliphatic carbocycles. The third-order valence-electron chi connectivity index (χ3n) is 17.8. The molecule has 8 heterocycles. The molecule has 0 unspecified atom stereocenters. The normalized spacial score (nSPS) is 18.1. The highest BCUT2D eigenvalue weighted by Gasteiger charge is 2.46. The van der Waals surface area contributed by atoms with Crippen LogP contribution in [0.5, 0.6) is 0 Å². The van der Waals surface area contributed by atoms with Crippen molar-refractivity contribution in [3.8, 4) is 22.5 Å². The molecule has 0 saturated carbocycles. The van der Waals surface area contributed by atoms with E-state index in [-0.39, 0.29) is 21.0 Å². The molecule has 2 spiro atoms. The van der Waals surface area contributed by atoms with E-state index in [0.29, 0.717) is 75.8 Å². The Labute approximate surface area is 500 Å². The third-order valence-corrected chi connectivity index (χ3v) is 20.5.